The zero-order chi connectivity index (χ0) is 13.7. The fourth-order valence-corrected chi connectivity index (χ4v) is 1.66. The summed E-state index contributed by atoms with van der Waals surface area (Å²) in [5.74, 6) is -0.409. The molecule has 0 fully saturated rings. The average molecular weight is 263 g/mol. The highest BCUT2D eigenvalue weighted by atomic mass is 19.1. The molecule has 5 heteroatoms. The van der Waals surface area contributed by atoms with E-state index in [1.165, 1.54) is 22.8 Å². The molecule has 0 aliphatic heterocycles. The summed E-state index contributed by atoms with van der Waals surface area (Å²) < 4.78 is 20.3. The van der Waals surface area contributed by atoms with Crippen molar-refractivity contribution in [3.8, 4) is 5.75 Å². The van der Waals surface area contributed by atoms with Crippen LogP contribution in [0.5, 0.6) is 5.75 Å². The van der Waals surface area contributed by atoms with Gasteiger partial charge in [0.1, 0.15) is 6.61 Å². The van der Waals surface area contributed by atoms with Crippen LogP contribution in [0.25, 0.3) is 0 Å². The number of rotatable bonds is 5. The Bertz CT molecular complexity index is 610. The molecule has 0 spiro atoms. The number of hydrogen-bond acceptors (Lipinski definition) is 3. The molecule has 0 saturated carbocycles. The molecule has 4 nitrogen and oxygen atoms in total. The molecular weight excluding hydrogens is 249 g/mol. The van der Waals surface area contributed by atoms with Gasteiger partial charge in [0.05, 0.1) is 13.2 Å². The van der Waals surface area contributed by atoms with Gasteiger partial charge in [-0.3, -0.25) is 4.79 Å². The molecular formula is C14H14FNO3. The van der Waals surface area contributed by atoms with Gasteiger partial charge in [-0.1, -0.05) is 12.1 Å². The maximum atomic E-state index is 13.5. The van der Waals surface area contributed by atoms with Crippen molar-refractivity contribution >= 4 is 0 Å². The number of hydrogen-bond donors (Lipinski definition) is 1. The predicted octanol–water partition coefficient (Wildman–Crippen LogP) is 1.56. The molecule has 2 aromatic rings. The highest BCUT2D eigenvalue weighted by Crippen LogP contribution is 2.18. The van der Waals surface area contributed by atoms with Gasteiger partial charge in [0.25, 0.3) is 5.56 Å². The lowest BCUT2D eigenvalue weighted by molar-refractivity contribution is 0.274. The quantitative estimate of drug-likeness (QED) is 0.890. The Labute approximate surface area is 109 Å². The molecule has 0 aliphatic carbocycles. The zero-order valence-corrected chi connectivity index (χ0v) is 10.3. The number of nitrogens with zero attached hydrogens (tertiary/aromatic N) is 1. The lowest BCUT2D eigenvalue weighted by Gasteiger charge is -2.09. The third-order valence-corrected chi connectivity index (χ3v) is 2.67. The number of pyridine rings is 1. The minimum Gasteiger partial charge on any atom is -0.489 e. The number of aliphatic hydroxyl groups is 1. The largest absolute Gasteiger partial charge is 0.489 e. The molecule has 19 heavy (non-hydrogen) atoms. The fraction of sp³-hybridized carbons (Fsp3) is 0.214. The van der Waals surface area contributed by atoms with Crippen LogP contribution in [0.2, 0.25) is 0 Å². The molecule has 1 N–H and O–H groups in total. The number of halogens is 1. The van der Waals surface area contributed by atoms with Crippen LogP contribution in [0.3, 0.4) is 0 Å². The van der Waals surface area contributed by atoms with Crippen LogP contribution in [-0.4, -0.2) is 16.3 Å². The van der Waals surface area contributed by atoms with Crippen molar-refractivity contribution in [1.29, 1.82) is 0 Å². The Balaban J connectivity index is 1.96. The zero-order valence-electron chi connectivity index (χ0n) is 10.3. The van der Waals surface area contributed by atoms with Crippen LogP contribution in [0, 0.1) is 5.82 Å². The predicted molar refractivity (Wildman–Crippen MR) is 68.5 cm³/mol. The second-order valence-electron chi connectivity index (χ2n) is 4.00. The molecule has 0 saturated heterocycles. The molecule has 0 amide bonds. The van der Waals surface area contributed by atoms with E-state index >= 15 is 0 Å². The van der Waals surface area contributed by atoms with Gasteiger partial charge >= 0.3 is 0 Å². The number of benzene rings is 1. The lowest BCUT2D eigenvalue weighted by atomic mass is 10.2. The monoisotopic (exact) mass is 263 g/mol. The van der Waals surface area contributed by atoms with Gasteiger partial charge in [0.15, 0.2) is 11.6 Å². The van der Waals surface area contributed by atoms with Crippen molar-refractivity contribution in [2.24, 2.45) is 0 Å². The number of aromatic nitrogens is 1. The van der Waals surface area contributed by atoms with Gasteiger partial charge in [-0.15, -0.1) is 0 Å². The molecule has 1 heterocycles. The molecule has 2 rings (SSSR count). The highest BCUT2D eigenvalue weighted by molar-refractivity contribution is 5.28. The van der Waals surface area contributed by atoms with Gasteiger partial charge < -0.3 is 14.4 Å². The molecule has 100 valence electrons. The second-order valence-corrected chi connectivity index (χ2v) is 4.00. The van der Waals surface area contributed by atoms with Crippen LogP contribution in [-0.2, 0) is 13.2 Å². The van der Waals surface area contributed by atoms with E-state index in [0.717, 1.165) is 0 Å². The van der Waals surface area contributed by atoms with Crippen LogP contribution in [0.1, 0.15) is 5.56 Å². The third kappa shape index (κ3) is 3.42. The van der Waals surface area contributed by atoms with Gasteiger partial charge in [-0.05, 0) is 23.8 Å². The lowest BCUT2D eigenvalue weighted by Crippen LogP contribution is -2.21. The molecule has 0 aliphatic rings. The summed E-state index contributed by atoms with van der Waals surface area (Å²) in [6.07, 6.45) is 1.65. The Kier molecular flexibility index (Phi) is 4.30. The first-order valence-corrected chi connectivity index (χ1v) is 5.88. The van der Waals surface area contributed by atoms with Gasteiger partial charge in [0.2, 0.25) is 0 Å². The average Bonchev–Trinajstić information content (AvgIpc) is 2.42. The molecule has 1 aromatic heterocycles. The minimum atomic E-state index is -0.521. The van der Waals surface area contributed by atoms with E-state index in [2.05, 4.69) is 0 Å². The topological polar surface area (TPSA) is 51.5 Å². The summed E-state index contributed by atoms with van der Waals surface area (Å²) in [7, 11) is 0. The van der Waals surface area contributed by atoms with Crippen molar-refractivity contribution in [1.82, 2.24) is 4.57 Å². The van der Waals surface area contributed by atoms with E-state index in [1.807, 2.05) is 0 Å². The third-order valence-electron chi connectivity index (χ3n) is 2.67. The van der Waals surface area contributed by atoms with Gasteiger partial charge in [-0.25, -0.2) is 4.39 Å². The first-order chi connectivity index (χ1) is 9.20. The van der Waals surface area contributed by atoms with Crippen molar-refractivity contribution in [3.63, 3.8) is 0 Å². The Morgan fingerprint density at radius 3 is 2.79 bits per heavy atom. The first kappa shape index (κ1) is 13.3. The Morgan fingerprint density at radius 2 is 2.11 bits per heavy atom. The molecule has 1 aromatic carbocycles. The Morgan fingerprint density at radius 1 is 1.26 bits per heavy atom. The number of aliphatic hydroxyl groups excluding tert-OH is 1. The maximum absolute atomic E-state index is 13.5. The second kappa shape index (κ2) is 6.15. The molecule has 0 radical (unpaired) electrons. The van der Waals surface area contributed by atoms with E-state index in [9.17, 15) is 9.18 Å². The van der Waals surface area contributed by atoms with E-state index in [0.29, 0.717) is 12.1 Å². The van der Waals surface area contributed by atoms with Crippen LogP contribution in [0.15, 0.2) is 47.4 Å². The van der Waals surface area contributed by atoms with E-state index in [4.69, 9.17) is 9.84 Å². The van der Waals surface area contributed by atoms with Crippen molar-refractivity contribution in [2.75, 3.05) is 6.61 Å². The van der Waals surface area contributed by atoms with Gasteiger partial charge in [-0.2, -0.15) is 0 Å². The van der Waals surface area contributed by atoms with E-state index in [1.54, 1.807) is 24.4 Å². The molecule has 0 bridgehead atoms. The van der Waals surface area contributed by atoms with Gasteiger partial charge in [0, 0.05) is 12.3 Å². The summed E-state index contributed by atoms with van der Waals surface area (Å²) in [6, 6.07) is 9.15. The van der Waals surface area contributed by atoms with Crippen LogP contribution in [0.4, 0.5) is 4.39 Å². The molecule has 0 atom stereocenters. The van der Waals surface area contributed by atoms with E-state index < -0.39 is 5.82 Å². The standard InChI is InChI=1S/C14H14FNO3/c15-12-9-11(10-17)4-5-13(12)19-8-7-16-6-2-1-3-14(16)18/h1-6,9,17H,7-8,10H2. The highest BCUT2D eigenvalue weighted by Gasteiger charge is 2.04. The summed E-state index contributed by atoms with van der Waals surface area (Å²) in [5, 5.41) is 8.86. The summed E-state index contributed by atoms with van der Waals surface area (Å²) in [4.78, 5) is 11.4. The fourth-order valence-electron chi connectivity index (χ4n) is 1.66. The minimum absolute atomic E-state index is 0.112. The first-order valence-electron chi connectivity index (χ1n) is 5.88. The summed E-state index contributed by atoms with van der Waals surface area (Å²) in [5.41, 5.74) is 0.367. The van der Waals surface area contributed by atoms with Crippen molar-refractivity contribution < 1.29 is 14.2 Å². The van der Waals surface area contributed by atoms with Crippen LogP contribution < -0.4 is 10.3 Å². The van der Waals surface area contributed by atoms with E-state index in [-0.39, 0.29) is 24.5 Å². The number of ether oxygens (including phenoxy) is 1. The van der Waals surface area contributed by atoms with Crippen molar-refractivity contribution in [2.45, 2.75) is 13.2 Å². The maximum Gasteiger partial charge on any atom is 0.250 e. The van der Waals surface area contributed by atoms with Crippen LogP contribution >= 0.6 is 0 Å². The van der Waals surface area contributed by atoms with Crippen molar-refractivity contribution in [3.05, 3.63) is 64.3 Å². The molecule has 0 unspecified atom stereocenters. The smallest absolute Gasteiger partial charge is 0.250 e. The summed E-state index contributed by atoms with van der Waals surface area (Å²) >= 11 is 0. The Hall–Kier alpha value is -2.14. The normalized spacial score (nSPS) is 10.4. The SMILES string of the molecule is O=c1ccccn1CCOc1ccc(CO)cc1F. The summed E-state index contributed by atoms with van der Waals surface area (Å²) in [6.45, 7) is 0.330.